The molecule has 1 rings (SSSR count). The van der Waals surface area contributed by atoms with Crippen molar-refractivity contribution in [1.82, 2.24) is 10.2 Å². The van der Waals surface area contributed by atoms with Crippen molar-refractivity contribution in [3.05, 3.63) is 60.2 Å². The molecule has 0 aromatic heterocycles. The lowest BCUT2D eigenvalue weighted by molar-refractivity contribution is 0.311. The summed E-state index contributed by atoms with van der Waals surface area (Å²) < 4.78 is 0. The van der Waals surface area contributed by atoms with Crippen LogP contribution in [-0.2, 0) is 0 Å². The zero-order valence-corrected chi connectivity index (χ0v) is 13.2. The van der Waals surface area contributed by atoms with Crippen LogP contribution in [0.25, 0.3) is 0 Å². The van der Waals surface area contributed by atoms with Crippen LogP contribution in [0.4, 0.5) is 0 Å². The minimum Gasteiger partial charge on any atom is -0.313 e. The van der Waals surface area contributed by atoms with E-state index >= 15 is 0 Å². The number of nitrogens with zero attached hydrogens (tertiary/aromatic N) is 1. The summed E-state index contributed by atoms with van der Waals surface area (Å²) in [4.78, 5) is 2.35. The molecule has 0 bridgehead atoms. The van der Waals surface area contributed by atoms with Gasteiger partial charge in [-0.1, -0.05) is 41.5 Å². The van der Waals surface area contributed by atoms with Gasteiger partial charge in [0.25, 0.3) is 0 Å². The topological polar surface area (TPSA) is 15.3 Å². The zero-order chi connectivity index (χ0) is 15.0. The summed E-state index contributed by atoms with van der Waals surface area (Å²) in [6.45, 7) is 14.8. The molecule has 0 amide bonds. The van der Waals surface area contributed by atoms with Gasteiger partial charge < -0.3 is 5.32 Å². The van der Waals surface area contributed by atoms with Gasteiger partial charge in [0.1, 0.15) is 0 Å². The van der Waals surface area contributed by atoms with Crippen LogP contribution >= 0.6 is 0 Å². The smallest absolute Gasteiger partial charge is 0.0329 e. The Balaban J connectivity index is 2.70. The number of hydrogen-bond donors (Lipinski definition) is 1. The number of hydrogen-bond acceptors (Lipinski definition) is 2. The van der Waals surface area contributed by atoms with Gasteiger partial charge in [-0.15, -0.1) is 13.2 Å². The van der Waals surface area contributed by atoms with Crippen molar-refractivity contribution in [3.8, 4) is 0 Å². The van der Waals surface area contributed by atoms with E-state index in [1.165, 1.54) is 16.7 Å². The Morgan fingerprint density at radius 2 is 1.65 bits per heavy atom. The van der Waals surface area contributed by atoms with Crippen LogP contribution in [-0.4, -0.2) is 31.6 Å². The number of benzene rings is 1. The third kappa shape index (κ3) is 5.32. The Hall–Kier alpha value is -1.38. The minimum absolute atomic E-state index is 0.394. The lowest BCUT2D eigenvalue weighted by Crippen LogP contribution is -2.29. The first-order valence-corrected chi connectivity index (χ1v) is 7.30. The van der Waals surface area contributed by atoms with E-state index in [-0.39, 0.29) is 0 Å². The third-order valence-corrected chi connectivity index (χ3v) is 3.50. The van der Waals surface area contributed by atoms with Crippen LogP contribution in [0.2, 0.25) is 0 Å². The molecule has 0 saturated heterocycles. The SMILES string of the molecule is C=CCN(CC=C)CCC(NC)c1cc(C)cc(C)c1. The quantitative estimate of drug-likeness (QED) is 0.691. The first-order chi connectivity index (χ1) is 9.60. The van der Waals surface area contributed by atoms with Crippen molar-refractivity contribution < 1.29 is 0 Å². The van der Waals surface area contributed by atoms with Crippen LogP contribution in [0, 0.1) is 13.8 Å². The van der Waals surface area contributed by atoms with Gasteiger partial charge in [-0.2, -0.15) is 0 Å². The van der Waals surface area contributed by atoms with E-state index in [4.69, 9.17) is 0 Å². The molecule has 0 aliphatic carbocycles. The molecule has 110 valence electrons. The third-order valence-electron chi connectivity index (χ3n) is 3.50. The molecule has 1 aromatic rings. The van der Waals surface area contributed by atoms with Crippen molar-refractivity contribution in [1.29, 1.82) is 0 Å². The average molecular weight is 272 g/mol. The second-order valence-corrected chi connectivity index (χ2v) is 5.39. The standard InChI is InChI=1S/C18H28N2/c1-6-9-20(10-7-2)11-8-18(19-5)17-13-15(3)12-16(4)14-17/h6-7,12-14,18-19H,1-2,8-11H2,3-5H3. The van der Waals surface area contributed by atoms with E-state index < -0.39 is 0 Å². The van der Waals surface area contributed by atoms with Gasteiger partial charge in [0.05, 0.1) is 0 Å². The van der Waals surface area contributed by atoms with Crippen molar-refractivity contribution >= 4 is 0 Å². The van der Waals surface area contributed by atoms with Crippen LogP contribution in [0.5, 0.6) is 0 Å². The van der Waals surface area contributed by atoms with Crippen LogP contribution in [0.15, 0.2) is 43.5 Å². The molecule has 2 nitrogen and oxygen atoms in total. The van der Waals surface area contributed by atoms with Gasteiger partial charge in [0.2, 0.25) is 0 Å². The Bertz CT molecular complexity index is 407. The van der Waals surface area contributed by atoms with E-state index in [2.05, 4.69) is 55.4 Å². The molecule has 1 atom stereocenters. The molecule has 20 heavy (non-hydrogen) atoms. The predicted molar refractivity (Wildman–Crippen MR) is 89.2 cm³/mol. The summed E-state index contributed by atoms with van der Waals surface area (Å²) in [6.07, 6.45) is 4.99. The fourth-order valence-corrected chi connectivity index (χ4v) is 2.62. The second kappa shape index (κ2) is 8.72. The maximum Gasteiger partial charge on any atom is 0.0329 e. The molecule has 0 radical (unpaired) electrons. The highest BCUT2D eigenvalue weighted by atomic mass is 15.1. The summed E-state index contributed by atoms with van der Waals surface area (Å²) in [5.41, 5.74) is 4.03. The Morgan fingerprint density at radius 3 is 2.10 bits per heavy atom. The highest BCUT2D eigenvalue weighted by Gasteiger charge is 2.11. The minimum atomic E-state index is 0.394. The Morgan fingerprint density at radius 1 is 1.10 bits per heavy atom. The monoisotopic (exact) mass is 272 g/mol. The second-order valence-electron chi connectivity index (χ2n) is 5.39. The van der Waals surface area contributed by atoms with Crippen LogP contribution in [0.3, 0.4) is 0 Å². The Labute approximate surface area is 124 Å². The molecule has 0 aliphatic rings. The van der Waals surface area contributed by atoms with E-state index in [0.717, 1.165) is 26.1 Å². The first kappa shape index (κ1) is 16.7. The van der Waals surface area contributed by atoms with E-state index in [0.29, 0.717) is 6.04 Å². The molecule has 1 aromatic carbocycles. The summed E-state index contributed by atoms with van der Waals surface area (Å²) >= 11 is 0. The molecule has 1 N–H and O–H groups in total. The number of nitrogens with one attached hydrogen (secondary N) is 1. The van der Waals surface area contributed by atoms with E-state index in [1.807, 2.05) is 19.2 Å². The number of aryl methyl sites for hydroxylation is 2. The lowest BCUT2D eigenvalue weighted by Gasteiger charge is -2.23. The number of rotatable bonds is 9. The van der Waals surface area contributed by atoms with Crippen molar-refractivity contribution in [3.63, 3.8) is 0 Å². The fourth-order valence-electron chi connectivity index (χ4n) is 2.62. The largest absolute Gasteiger partial charge is 0.313 e. The molecule has 2 heteroatoms. The van der Waals surface area contributed by atoms with Gasteiger partial charge in [-0.25, -0.2) is 0 Å². The summed E-state index contributed by atoms with van der Waals surface area (Å²) in [7, 11) is 2.04. The lowest BCUT2D eigenvalue weighted by atomic mass is 9.99. The zero-order valence-electron chi connectivity index (χ0n) is 13.2. The fraction of sp³-hybridized carbons (Fsp3) is 0.444. The molecular weight excluding hydrogens is 244 g/mol. The highest BCUT2D eigenvalue weighted by molar-refractivity contribution is 5.30. The van der Waals surface area contributed by atoms with E-state index in [9.17, 15) is 0 Å². The van der Waals surface area contributed by atoms with Gasteiger partial charge >= 0.3 is 0 Å². The molecular formula is C18H28N2. The van der Waals surface area contributed by atoms with E-state index in [1.54, 1.807) is 0 Å². The predicted octanol–water partition coefficient (Wildman–Crippen LogP) is 3.63. The molecule has 0 saturated carbocycles. The van der Waals surface area contributed by atoms with Gasteiger partial charge in [0, 0.05) is 25.7 Å². The normalized spacial score (nSPS) is 12.4. The summed E-state index contributed by atoms with van der Waals surface area (Å²) in [6, 6.07) is 7.17. The average Bonchev–Trinajstić information content (AvgIpc) is 2.38. The van der Waals surface area contributed by atoms with Crippen LogP contribution in [0.1, 0.15) is 29.2 Å². The summed E-state index contributed by atoms with van der Waals surface area (Å²) in [5.74, 6) is 0. The molecule has 0 spiro atoms. The van der Waals surface area contributed by atoms with Crippen molar-refractivity contribution in [2.75, 3.05) is 26.7 Å². The van der Waals surface area contributed by atoms with Gasteiger partial charge in [-0.3, -0.25) is 4.90 Å². The molecule has 1 unspecified atom stereocenters. The maximum absolute atomic E-state index is 3.82. The van der Waals surface area contributed by atoms with Gasteiger partial charge in [0.15, 0.2) is 0 Å². The van der Waals surface area contributed by atoms with Crippen LogP contribution < -0.4 is 5.32 Å². The maximum atomic E-state index is 3.82. The highest BCUT2D eigenvalue weighted by Crippen LogP contribution is 2.20. The first-order valence-electron chi connectivity index (χ1n) is 7.30. The van der Waals surface area contributed by atoms with Crippen molar-refractivity contribution in [2.24, 2.45) is 0 Å². The van der Waals surface area contributed by atoms with Crippen molar-refractivity contribution in [2.45, 2.75) is 26.3 Å². The molecule has 0 heterocycles. The molecule has 0 fully saturated rings. The molecule has 0 aliphatic heterocycles. The summed E-state index contributed by atoms with van der Waals surface area (Å²) in [5, 5.41) is 3.43. The van der Waals surface area contributed by atoms with Gasteiger partial charge in [-0.05, 0) is 32.9 Å². The Kier molecular flexibility index (Phi) is 7.27.